The van der Waals surface area contributed by atoms with Gasteiger partial charge in [-0.15, -0.1) is 12.4 Å². The highest BCUT2D eigenvalue weighted by molar-refractivity contribution is 5.97. The van der Waals surface area contributed by atoms with Gasteiger partial charge in [0.25, 0.3) is 5.91 Å². The zero-order valence-corrected chi connectivity index (χ0v) is 17.5. The lowest BCUT2D eigenvalue weighted by atomic mass is 9.85. The summed E-state index contributed by atoms with van der Waals surface area (Å²) in [6, 6.07) is 5.15. The Morgan fingerprint density at radius 3 is 2.70 bits per heavy atom. The number of anilines is 1. The van der Waals surface area contributed by atoms with Crippen molar-refractivity contribution in [1.82, 2.24) is 10.2 Å². The van der Waals surface area contributed by atoms with Crippen molar-refractivity contribution in [3.63, 3.8) is 0 Å². The number of piperidine rings is 1. The molecule has 1 fully saturated rings. The normalized spacial score (nSPS) is 17.4. The van der Waals surface area contributed by atoms with Crippen LogP contribution in [0.4, 0.5) is 5.69 Å². The molecule has 0 spiro atoms. The van der Waals surface area contributed by atoms with Gasteiger partial charge in [0.2, 0.25) is 5.91 Å². The second-order valence-corrected chi connectivity index (χ2v) is 7.18. The molecule has 2 N–H and O–H groups in total. The van der Waals surface area contributed by atoms with Gasteiger partial charge in [0.05, 0.1) is 12.3 Å². The maximum atomic E-state index is 12.5. The Labute approximate surface area is 168 Å². The van der Waals surface area contributed by atoms with Crippen LogP contribution in [0.1, 0.15) is 43.5 Å². The second kappa shape index (κ2) is 11.1. The van der Waals surface area contributed by atoms with Gasteiger partial charge < -0.3 is 20.3 Å². The maximum Gasteiger partial charge on any atom is 0.253 e. The SMILES string of the molecule is CCOc1cc(C(=O)N(C)C)ccc1NC(=O)CC(C)C1CCCNC1.Cl. The highest BCUT2D eigenvalue weighted by atomic mass is 35.5. The third kappa shape index (κ3) is 6.70. The molecule has 2 atom stereocenters. The quantitative estimate of drug-likeness (QED) is 0.741. The Morgan fingerprint density at radius 1 is 1.37 bits per heavy atom. The van der Waals surface area contributed by atoms with E-state index in [1.54, 1.807) is 32.3 Å². The molecule has 1 heterocycles. The molecule has 2 unspecified atom stereocenters. The fraction of sp³-hybridized carbons (Fsp3) is 0.600. The maximum absolute atomic E-state index is 12.5. The number of ether oxygens (including phenoxy) is 1. The number of benzene rings is 1. The summed E-state index contributed by atoms with van der Waals surface area (Å²) in [5, 5.41) is 6.35. The number of halogens is 1. The van der Waals surface area contributed by atoms with Crippen molar-refractivity contribution < 1.29 is 14.3 Å². The number of carbonyl (C=O) groups is 2. The van der Waals surface area contributed by atoms with Crippen molar-refractivity contribution >= 4 is 29.9 Å². The molecule has 1 aliphatic rings. The van der Waals surface area contributed by atoms with Gasteiger partial charge in [-0.25, -0.2) is 0 Å². The van der Waals surface area contributed by atoms with Crippen molar-refractivity contribution in [2.45, 2.75) is 33.1 Å². The second-order valence-electron chi connectivity index (χ2n) is 7.18. The third-order valence-corrected chi connectivity index (χ3v) is 4.86. The molecule has 1 aliphatic heterocycles. The number of rotatable bonds is 7. The van der Waals surface area contributed by atoms with Crippen molar-refractivity contribution in [2.24, 2.45) is 11.8 Å². The minimum atomic E-state index is -0.0951. The first-order chi connectivity index (χ1) is 12.4. The highest BCUT2D eigenvalue weighted by Crippen LogP contribution is 2.28. The van der Waals surface area contributed by atoms with E-state index in [9.17, 15) is 9.59 Å². The number of nitrogens with zero attached hydrogens (tertiary/aromatic N) is 1. The molecule has 2 amide bonds. The summed E-state index contributed by atoms with van der Waals surface area (Å²) in [6.07, 6.45) is 2.83. The molecule has 0 aliphatic carbocycles. The summed E-state index contributed by atoms with van der Waals surface area (Å²) in [5.41, 5.74) is 1.15. The minimum absolute atomic E-state index is 0. The molecule has 27 heavy (non-hydrogen) atoms. The zero-order chi connectivity index (χ0) is 19.1. The largest absolute Gasteiger partial charge is 0.492 e. The first-order valence-electron chi connectivity index (χ1n) is 9.41. The van der Waals surface area contributed by atoms with Gasteiger partial charge >= 0.3 is 0 Å². The van der Waals surface area contributed by atoms with E-state index in [1.807, 2.05) is 6.92 Å². The van der Waals surface area contributed by atoms with Gasteiger partial charge in [0.1, 0.15) is 5.75 Å². The minimum Gasteiger partial charge on any atom is -0.492 e. The summed E-state index contributed by atoms with van der Waals surface area (Å²) >= 11 is 0. The van der Waals surface area contributed by atoms with Gasteiger partial charge in [-0.3, -0.25) is 9.59 Å². The van der Waals surface area contributed by atoms with E-state index < -0.39 is 0 Å². The molecule has 0 radical (unpaired) electrons. The van der Waals surface area contributed by atoms with Crippen LogP contribution >= 0.6 is 12.4 Å². The molecule has 0 aromatic heterocycles. The van der Waals surface area contributed by atoms with Gasteiger partial charge in [-0.05, 0) is 62.9 Å². The van der Waals surface area contributed by atoms with Gasteiger partial charge in [-0.2, -0.15) is 0 Å². The van der Waals surface area contributed by atoms with Crippen LogP contribution in [0, 0.1) is 11.8 Å². The molecule has 7 heteroatoms. The summed E-state index contributed by atoms with van der Waals surface area (Å²) in [4.78, 5) is 26.1. The first kappa shape index (κ1) is 23.2. The number of hydrogen-bond donors (Lipinski definition) is 2. The molecule has 2 rings (SSSR count). The Morgan fingerprint density at radius 2 is 2.11 bits per heavy atom. The van der Waals surface area contributed by atoms with Crippen molar-refractivity contribution in [3.8, 4) is 5.75 Å². The van der Waals surface area contributed by atoms with Crippen molar-refractivity contribution in [2.75, 3.05) is 39.1 Å². The zero-order valence-electron chi connectivity index (χ0n) is 16.7. The van der Waals surface area contributed by atoms with Gasteiger partial charge in [0, 0.05) is 26.1 Å². The monoisotopic (exact) mass is 397 g/mol. The van der Waals surface area contributed by atoms with Crippen molar-refractivity contribution in [3.05, 3.63) is 23.8 Å². The van der Waals surface area contributed by atoms with Crippen molar-refractivity contribution in [1.29, 1.82) is 0 Å². The topological polar surface area (TPSA) is 70.7 Å². The van der Waals surface area contributed by atoms with Crippen LogP contribution in [-0.2, 0) is 4.79 Å². The fourth-order valence-corrected chi connectivity index (χ4v) is 3.32. The Hall–Kier alpha value is -1.79. The Balaban J connectivity index is 0.00000364. The van der Waals surface area contributed by atoms with Crippen LogP contribution in [0.3, 0.4) is 0 Å². The van der Waals surface area contributed by atoms with Crippen LogP contribution < -0.4 is 15.4 Å². The van der Waals surface area contributed by atoms with Crippen LogP contribution in [0.25, 0.3) is 0 Å². The molecule has 0 bridgehead atoms. The average Bonchev–Trinajstić information content (AvgIpc) is 2.63. The summed E-state index contributed by atoms with van der Waals surface area (Å²) in [5.74, 6) is 1.28. The summed E-state index contributed by atoms with van der Waals surface area (Å²) in [7, 11) is 3.42. The predicted molar refractivity (Wildman–Crippen MR) is 111 cm³/mol. The summed E-state index contributed by atoms with van der Waals surface area (Å²) in [6.45, 7) is 6.54. The van der Waals surface area contributed by atoms with Crippen LogP contribution in [0.2, 0.25) is 0 Å². The molecular weight excluding hydrogens is 366 g/mol. The van der Waals surface area contributed by atoms with E-state index in [1.165, 1.54) is 17.7 Å². The third-order valence-electron chi connectivity index (χ3n) is 4.86. The van der Waals surface area contributed by atoms with Gasteiger partial charge in [-0.1, -0.05) is 6.92 Å². The number of nitrogens with one attached hydrogen (secondary N) is 2. The fourth-order valence-electron chi connectivity index (χ4n) is 3.32. The van der Waals surface area contributed by atoms with E-state index >= 15 is 0 Å². The highest BCUT2D eigenvalue weighted by Gasteiger charge is 2.22. The molecule has 1 saturated heterocycles. The van der Waals surface area contributed by atoms with Crippen LogP contribution in [0.5, 0.6) is 5.75 Å². The first-order valence-corrected chi connectivity index (χ1v) is 9.41. The number of hydrogen-bond acceptors (Lipinski definition) is 4. The van der Waals surface area contributed by atoms with Crippen LogP contribution in [0.15, 0.2) is 18.2 Å². The van der Waals surface area contributed by atoms with E-state index in [0.717, 1.165) is 13.1 Å². The molecule has 6 nitrogen and oxygen atoms in total. The Kier molecular flexibility index (Phi) is 9.60. The van der Waals surface area contributed by atoms with E-state index in [-0.39, 0.29) is 24.2 Å². The molecule has 0 saturated carbocycles. The molecule has 152 valence electrons. The Bertz CT molecular complexity index is 631. The van der Waals surface area contributed by atoms with E-state index in [2.05, 4.69) is 17.6 Å². The molecule has 1 aromatic carbocycles. The molecular formula is C20H32ClN3O3. The smallest absolute Gasteiger partial charge is 0.253 e. The van der Waals surface area contributed by atoms with E-state index in [4.69, 9.17) is 4.74 Å². The number of amides is 2. The lowest BCUT2D eigenvalue weighted by Crippen LogP contribution is -2.34. The molecule has 1 aromatic rings. The van der Waals surface area contributed by atoms with E-state index in [0.29, 0.717) is 41.9 Å². The van der Waals surface area contributed by atoms with Crippen LogP contribution in [-0.4, -0.2) is 50.5 Å². The van der Waals surface area contributed by atoms with Gasteiger partial charge in [0.15, 0.2) is 0 Å². The lowest BCUT2D eigenvalue weighted by Gasteiger charge is -2.28. The predicted octanol–water partition coefficient (Wildman–Crippen LogP) is 3.17. The standard InChI is InChI=1S/C20H31N3O3.ClH/c1-5-26-18-12-15(20(25)23(3)4)8-9-17(18)22-19(24)11-14(2)16-7-6-10-21-13-16;/h8-9,12,14,16,21H,5-7,10-11,13H2,1-4H3,(H,22,24);1H. The average molecular weight is 398 g/mol. The summed E-state index contributed by atoms with van der Waals surface area (Å²) < 4.78 is 5.63. The number of carbonyl (C=O) groups excluding carboxylic acids is 2. The lowest BCUT2D eigenvalue weighted by molar-refractivity contribution is -0.117.